The number of likely N-dealkylation sites (tertiary alicyclic amines) is 1. The van der Waals surface area contributed by atoms with Crippen molar-refractivity contribution in [1.29, 1.82) is 0 Å². The molecule has 122 valence electrons. The third-order valence-electron chi connectivity index (χ3n) is 4.55. The Bertz CT molecular complexity index is 514. The van der Waals surface area contributed by atoms with Crippen LogP contribution in [0.25, 0.3) is 0 Å². The number of rotatable bonds is 4. The molecule has 6 heteroatoms. The molecule has 0 spiro atoms. The van der Waals surface area contributed by atoms with Crippen LogP contribution in [-0.2, 0) is 4.79 Å². The van der Waals surface area contributed by atoms with Gasteiger partial charge in [0.25, 0.3) is 0 Å². The summed E-state index contributed by atoms with van der Waals surface area (Å²) in [6, 6.07) is 6.02. The third-order valence-corrected chi connectivity index (χ3v) is 4.55. The molecule has 2 heterocycles. The van der Waals surface area contributed by atoms with Gasteiger partial charge in [-0.3, -0.25) is 4.79 Å². The molecule has 0 bridgehead atoms. The van der Waals surface area contributed by atoms with Crippen molar-refractivity contribution >= 4 is 24.0 Å². The maximum Gasteiger partial charge on any atom is 0.225 e. The lowest BCUT2D eigenvalue weighted by Crippen LogP contribution is -2.41. The number of amides is 1. The lowest BCUT2D eigenvalue weighted by atomic mass is 9.89. The van der Waals surface area contributed by atoms with Crippen molar-refractivity contribution in [2.45, 2.75) is 12.8 Å². The summed E-state index contributed by atoms with van der Waals surface area (Å²) >= 11 is 0. The van der Waals surface area contributed by atoms with Gasteiger partial charge in [0.05, 0.1) is 0 Å². The molecule has 2 unspecified atom stereocenters. The van der Waals surface area contributed by atoms with E-state index in [4.69, 9.17) is 0 Å². The zero-order chi connectivity index (χ0) is 14.7. The Morgan fingerprint density at radius 1 is 1.36 bits per heavy atom. The fraction of sp³-hybridized carbons (Fsp3) is 0.562. The summed E-state index contributed by atoms with van der Waals surface area (Å²) in [6.07, 6.45) is 1.69. The Morgan fingerprint density at radius 2 is 2.18 bits per heavy atom. The Morgan fingerprint density at radius 3 is 3.00 bits per heavy atom. The normalized spacial score (nSPS) is 24.4. The van der Waals surface area contributed by atoms with Gasteiger partial charge in [0.2, 0.25) is 5.91 Å². The highest BCUT2D eigenvalue weighted by atomic mass is 35.5. The average molecular weight is 328 g/mol. The van der Waals surface area contributed by atoms with Crippen molar-refractivity contribution in [2.24, 2.45) is 11.8 Å². The first kappa shape index (κ1) is 17.2. The van der Waals surface area contributed by atoms with Crippen molar-refractivity contribution in [1.82, 2.24) is 10.2 Å². The predicted molar refractivity (Wildman–Crippen MR) is 87.8 cm³/mol. The van der Waals surface area contributed by atoms with Crippen LogP contribution in [0.4, 0.5) is 10.1 Å². The lowest BCUT2D eigenvalue weighted by Gasteiger charge is -2.34. The number of hydrogen-bond donors (Lipinski definition) is 2. The van der Waals surface area contributed by atoms with Gasteiger partial charge in [-0.1, -0.05) is 6.07 Å². The number of benzene rings is 1. The molecule has 1 aromatic rings. The van der Waals surface area contributed by atoms with Crippen LogP contribution in [0, 0.1) is 17.7 Å². The number of halogens is 2. The topological polar surface area (TPSA) is 44.4 Å². The summed E-state index contributed by atoms with van der Waals surface area (Å²) in [6.45, 7) is 5.21. The summed E-state index contributed by atoms with van der Waals surface area (Å²) in [5.41, 5.74) is 0.527. The highest BCUT2D eigenvalue weighted by molar-refractivity contribution is 5.90. The largest absolute Gasteiger partial charge is 0.326 e. The number of fused-ring (bicyclic) bond motifs is 1. The van der Waals surface area contributed by atoms with Crippen LogP contribution in [0.15, 0.2) is 24.3 Å². The second-order valence-electron chi connectivity index (χ2n) is 6.08. The molecule has 0 aliphatic carbocycles. The first-order chi connectivity index (χ1) is 10.2. The number of carbonyl (C=O) groups is 1. The molecule has 0 radical (unpaired) electrons. The van der Waals surface area contributed by atoms with Gasteiger partial charge in [0.1, 0.15) is 5.82 Å². The van der Waals surface area contributed by atoms with Gasteiger partial charge < -0.3 is 15.5 Å². The quantitative estimate of drug-likeness (QED) is 0.890. The standard InChI is InChI=1S/C16H22FN3O.ClH/c17-14-2-1-3-15(8-14)19-16(21)5-7-20-6-4-12-9-18-10-13(12)11-20;/h1-3,8,12-13,18H,4-7,9-11H2,(H,19,21);1H. The number of carbonyl (C=O) groups excluding carboxylic acids is 1. The van der Waals surface area contributed by atoms with Crippen molar-refractivity contribution in [3.63, 3.8) is 0 Å². The Hall–Kier alpha value is -1.17. The summed E-state index contributed by atoms with van der Waals surface area (Å²) in [7, 11) is 0. The maximum atomic E-state index is 13.1. The van der Waals surface area contributed by atoms with Crippen LogP contribution in [0.5, 0.6) is 0 Å². The minimum Gasteiger partial charge on any atom is -0.326 e. The van der Waals surface area contributed by atoms with E-state index in [9.17, 15) is 9.18 Å². The number of piperidine rings is 1. The molecule has 4 nitrogen and oxygen atoms in total. The summed E-state index contributed by atoms with van der Waals surface area (Å²) in [4.78, 5) is 14.3. The smallest absolute Gasteiger partial charge is 0.225 e. The molecular formula is C16H23ClFN3O. The number of hydrogen-bond acceptors (Lipinski definition) is 3. The molecule has 2 atom stereocenters. The van der Waals surface area contributed by atoms with Crippen LogP contribution in [-0.4, -0.2) is 43.5 Å². The molecule has 2 aliphatic rings. The highest BCUT2D eigenvalue weighted by Crippen LogP contribution is 2.26. The molecule has 0 saturated carbocycles. The summed E-state index contributed by atoms with van der Waals surface area (Å²) < 4.78 is 13.1. The molecule has 2 saturated heterocycles. The van der Waals surface area contributed by atoms with Gasteiger partial charge in [-0.15, -0.1) is 12.4 Å². The highest BCUT2D eigenvalue weighted by Gasteiger charge is 2.32. The first-order valence-electron chi connectivity index (χ1n) is 7.69. The second kappa shape index (κ2) is 7.90. The van der Waals surface area contributed by atoms with Crippen LogP contribution in [0.1, 0.15) is 12.8 Å². The molecule has 3 rings (SSSR count). The number of anilines is 1. The molecule has 1 aromatic carbocycles. The van der Waals surface area contributed by atoms with E-state index >= 15 is 0 Å². The van der Waals surface area contributed by atoms with E-state index in [1.54, 1.807) is 12.1 Å². The fourth-order valence-corrected chi connectivity index (χ4v) is 3.36. The van der Waals surface area contributed by atoms with Crippen LogP contribution in [0.2, 0.25) is 0 Å². The average Bonchev–Trinajstić information content (AvgIpc) is 2.92. The molecule has 2 aliphatic heterocycles. The first-order valence-corrected chi connectivity index (χ1v) is 7.69. The minimum atomic E-state index is -0.330. The third kappa shape index (κ3) is 4.41. The SMILES string of the molecule is Cl.O=C(CCN1CCC2CNCC2C1)Nc1cccc(F)c1. The summed E-state index contributed by atoms with van der Waals surface area (Å²) in [5, 5.41) is 6.20. The molecule has 1 amide bonds. The van der Waals surface area contributed by atoms with Crippen LogP contribution >= 0.6 is 12.4 Å². The van der Waals surface area contributed by atoms with Crippen molar-refractivity contribution in [3.8, 4) is 0 Å². The van der Waals surface area contributed by atoms with Gasteiger partial charge >= 0.3 is 0 Å². The molecule has 2 fully saturated rings. The maximum absolute atomic E-state index is 13.1. The van der Waals surface area contributed by atoms with E-state index in [0.29, 0.717) is 12.1 Å². The molecule has 22 heavy (non-hydrogen) atoms. The zero-order valence-corrected chi connectivity index (χ0v) is 13.4. The minimum absolute atomic E-state index is 0. The molecular weight excluding hydrogens is 305 g/mol. The Labute approximate surface area is 136 Å². The number of nitrogens with one attached hydrogen (secondary N) is 2. The van der Waals surface area contributed by atoms with E-state index in [0.717, 1.165) is 44.6 Å². The number of nitrogens with zero attached hydrogens (tertiary/aromatic N) is 1. The predicted octanol–water partition coefficient (Wildman–Crippen LogP) is 2.12. The Kier molecular flexibility index (Phi) is 6.17. The van der Waals surface area contributed by atoms with Crippen molar-refractivity contribution in [3.05, 3.63) is 30.1 Å². The van der Waals surface area contributed by atoms with Crippen molar-refractivity contribution < 1.29 is 9.18 Å². The van der Waals surface area contributed by atoms with Crippen LogP contribution < -0.4 is 10.6 Å². The van der Waals surface area contributed by atoms with Gasteiger partial charge in [0.15, 0.2) is 0 Å². The van der Waals surface area contributed by atoms with Crippen LogP contribution in [0.3, 0.4) is 0 Å². The van der Waals surface area contributed by atoms with Gasteiger partial charge in [-0.2, -0.15) is 0 Å². The van der Waals surface area contributed by atoms with E-state index < -0.39 is 0 Å². The van der Waals surface area contributed by atoms with Crippen molar-refractivity contribution in [2.75, 3.05) is 38.0 Å². The fourth-order valence-electron chi connectivity index (χ4n) is 3.36. The van der Waals surface area contributed by atoms with E-state index in [2.05, 4.69) is 15.5 Å². The van der Waals surface area contributed by atoms with E-state index in [1.807, 2.05) is 0 Å². The molecule has 2 N–H and O–H groups in total. The zero-order valence-electron chi connectivity index (χ0n) is 12.6. The van der Waals surface area contributed by atoms with E-state index in [1.165, 1.54) is 18.6 Å². The van der Waals surface area contributed by atoms with E-state index in [-0.39, 0.29) is 24.1 Å². The van der Waals surface area contributed by atoms with Gasteiger partial charge in [-0.25, -0.2) is 4.39 Å². The summed E-state index contributed by atoms with van der Waals surface area (Å²) in [5.74, 6) is 1.18. The van der Waals surface area contributed by atoms with Gasteiger partial charge in [0, 0.05) is 25.2 Å². The molecule has 0 aromatic heterocycles. The Balaban J connectivity index is 0.00000176. The monoisotopic (exact) mass is 327 g/mol. The lowest BCUT2D eigenvalue weighted by molar-refractivity contribution is -0.116. The second-order valence-corrected chi connectivity index (χ2v) is 6.08. The van der Waals surface area contributed by atoms with Gasteiger partial charge in [-0.05, 0) is 56.1 Å².